The first-order valence-corrected chi connectivity index (χ1v) is 13.3. The first-order valence-electron chi connectivity index (χ1n) is 13.3. The van der Waals surface area contributed by atoms with E-state index in [4.69, 9.17) is 14.5 Å². The van der Waals surface area contributed by atoms with Gasteiger partial charge in [0.2, 0.25) is 5.91 Å². The molecule has 1 heterocycles. The summed E-state index contributed by atoms with van der Waals surface area (Å²) in [7, 11) is 1.65. The molecule has 1 aromatic heterocycles. The molecule has 5 aromatic rings. The number of methoxy groups -OCH3 is 1. The fourth-order valence-corrected chi connectivity index (χ4v) is 4.73. The van der Waals surface area contributed by atoms with Crippen LogP contribution in [0.15, 0.2) is 103 Å². The van der Waals surface area contributed by atoms with Crippen molar-refractivity contribution in [1.29, 1.82) is 0 Å². The summed E-state index contributed by atoms with van der Waals surface area (Å²) in [5, 5.41) is 3.15. The van der Waals surface area contributed by atoms with Crippen molar-refractivity contribution in [2.24, 2.45) is 0 Å². The Labute approximate surface area is 229 Å². The molecule has 0 fully saturated rings. The van der Waals surface area contributed by atoms with E-state index in [1.54, 1.807) is 7.11 Å². The lowest BCUT2D eigenvalue weighted by atomic mass is 10.0. The summed E-state index contributed by atoms with van der Waals surface area (Å²) in [5.74, 6) is 2.42. The highest BCUT2D eigenvalue weighted by atomic mass is 16.5. The fraction of sp³-hybridized carbons (Fsp3) is 0.212. The van der Waals surface area contributed by atoms with Crippen LogP contribution in [0.5, 0.6) is 11.5 Å². The molecule has 1 amide bonds. The topological polar surface area (TPSA) is 65.4 Å². The van der Waals surface area contributed by atoms with Crippen LogP contribution in [0.4, 0.5) is 0 Å². The smallest absolute Gasteiger partial charge is 0.224 e. The molecule has 0 aliphatic rings. The minimum Gasteiger partial charge on any atom is -0.497 e. The Kier molecular flexibility index (Phi) is 8.22. The fourth-order valence-electron chi connectivity index (χ4n) is 4.73. The molecule has 1 N–H and O–H groups in total. The summed E-state index contributed by atoms with van der Waals surface area (Å²) >= 11 is 0. The zero-order valence-electron chi connectivity index (χ0n) is 22.3. The molecule has 4 aromatic carbocycles. The minimum absolute atomic E-state index is 0.0311. The van der Waals surface area contributed by atoms with Crippen LogP contribution in [0.2, 0.25) is 0 Å². The quantitative estimate of drug-likeness (QED) is 0.200. The Morgan fingerprint density at radius 2 is 1.51 bits per heavy atom. The molecule has 39 heavy (non-hydrogen) atoms. The monoisotopic (exact) mass is 519 g/mol. The molecule has 0 spiro atoms. The second-order valence-electron chi connectivity index (χ2n) is 9.52. The van der Waals surface area contributed by atoms with Crippen LogP contribution >= 0.6 is 0 Å². The zero-order valence-corrected chi connectivity index (χ0v) is 22.3. The van der Waals surface area contributed by atoms with Crippen LogP contribution in [0.25, 0.3) is 22.2 Å². The molecule has 0 bridgehead atoms. The van der Waals surface area contributed by atoms with Gasteiger partial charge in [0, 0.05) is 6.54 Å². The lowest BCUT2D eigenvalue weighted by Gasteiger charge is -2.17. The number of rotatable bonds is 11. The van der Waals surface area contributed by atoms with Crippen molar-refractivity contribution in [3.63, 3.8) is 0 Å². The number of aryl methyl sites for hydroxylation is 1. The average Bonchev–Trinajstić information content (AvgIpc) is 3.35. The molecule has 0 radical (unpaired) electrons. The summed E-state index contributed by atoms with van der Waals surface area (Å²) in [6.45, 7) is 3.28. The SMILES string of the molecule is COc1ccc(OCCCn2c(C(C)NC(=O)Cc3ccc(-c4ccccc4)cc3)nc3ccccc32)cc1. The maximum Gasteiger partial charge on any atom is 0.224 e. The number of para-hydroxylation sites is 2. The van der Waals surface area contributed by atoms with Crippen molar-refractivity contribution >= 4 is 16.9 Å². The third-order valence-corrected chi connectivity index (χ3v) is 6.73. The van der Waals surface area contributed by atoms with Gasteiger partial charge in [0.25, 0.3) is 0 Å². The van der Waals surface area contributed by atoms with Crippen LogP contribution in [0.3, 0.4) is 0 Å². The van der Waals surface area contributed by atoms with E-state index in [9.17, 15) is 4.79 Å². The number of aromatic nitrogens is 2. The molecule has 1 atom stereocenters. The van der Waals surface area contributed by atoms with Crippen molar-refractivity contribution in [3.8, 4) is 22.6 Å². The standard InChI is InChI=1S/C33H33N3O3/c1-24(34-32(37)23-25-13-15-27(16-14-25)26-9-4-3-5-10-26)33-35-30-11-6-7-12-31(30)36(33)21-8-22-39-29-19-17-28(38-2)18-20-29/h3-7,9-20,24H,8,21-23H2,1-2H3,(H,34,37). The van der Waals surface area contributed by atoms with Gasteiger partial charge < -0.3 is 19.4 Å². The minimum atomic E-state index is -0.240. The van der Waals surface area contributed by atoms with E-state index in [0.29, 0.717) is 13.0 Å². The average molecular weight is 520 g/mol. The van der Waals surface area contributed by atoms with E-state index in [2.05, 4.69) is 40.2 Å². The number of fused-ring (bicyclic) bond motifs is 1. The predicted octanol–water partition coefficient (Wildman–Crippen LogP) is 6.60. The van der Waals surface area contributed by atoms with Crippen molar-refractivity contribution < 1.29 is 14.3 Å². The Balaban J connectivity index is 1.21. The van der Waals surface area contributed by atoms with Gasteiger partial charge in [-0.1, -0.05) is 66.7 Å². The second-order valence-corrected chi connectivity index (χ2v) is 9.52. The van der Waals surface area contributed by atoms with Gasteiger partial charge in [-0.05, 0) is 66.4 Å². The second kappa shape index (κ2) is 12.3. The number of nitrogens with zero attached hydrogens (tertiary/aromatic N) is 2. The molecule has 5 rings (SSSR count). The van der Waals surface area contributed by atoms with E-state index in [1.165, 1.54) is 0 Å². The van der Waals surface area contributed by atoms with Crippen molar-refractivity contribution in [3.05, 3.63) is 115 Å². The number of carbonyl (C=O) groups excluding carboxylic acids is 1. The summed E-state index contributed by atoms with van der Waals surface area (Å²) in [5.41, 5.74) is 5.24. The number of imidazole rings is 1. The normalized spacial score (nSPS) is 11.7. The van der Waals surface area contributed by atoms with E-state index in [1.807, 2.05) is 79.7 Å². The molecule has 0 saturated carbocycles. The number of nitrogens with one attached hydrogen (secondary N) is 1. The van der Waals surface area contributed by atoms with Gasteiger partial charge in [0.15, 0.2) is 0 Å². The zero-order chi connectivity index (χ0) is 27.0. The Morgan fingerprint density at radius 3 is 2.26 bits per heavy atom. The molecule has 1 unspecified atom stereocenters. The molecule has 0 saturated heterocycles. The highest BCUT2D eigenvalue weighted by molar-refractivity contribution is 5.80. The summed E-state index contributed by atoms with van der Waals surface area (Å²) in [6, 6.07) is 33.8. The number of carbonyl (C=O) groups is 1. The first-order chi connectivity index (χ1) is 19.1. The molecule has 6 nitrogen and oxygen atoms in total. The van der Waals surface area contributed by atoms with Crippen LogP contribution in [-0.4, -0.2) is 29.2 Å². The third-order valence-electron chi connectivity index (χ3n) is 6.73. The van der Waals surface area contributed by atoms with Crippen LogP contribution in [0, 0.1) is 0 Å². The molecule has 198 valence electrons. The van der Waals surface area contributed by atoms with Crippen molar-refractivity contribution in [2.75, 3.05) is 13.7 Å². The van der Waals surface area contributed by atoms with Gasteiger partial charge in [-0.25, -0.2) is 4.98 Å². The predicted molar refractivity (Wildman–Crippen MR) is 155 cm³/mol. The van der Waals surface area contributed by atoms with Gasteiger partial charge in [0.1, 0.15) is 17.3 Å². The Hall–Kier alpha value is -4.58. The lowest BCUT2D eigenvalue weighted by Crippen LogP contribution is -2.30. The number of amides is 1. The van der Waals surface area contributed by atoms with Crippen molar-refractivity contribution in [2.45, 2.75) is 32.4 Å². The molecule has 6 heteroatoms. The van der Waals surface area contributed by atoms with Gasteiger partial charge in [0.05, 0.1) is 37.2 Å². The number of hydrogen-bond donors (Lipinski definition) is 1. The number of hydrogen-bond acceptors (Lipinski definition) is 4. The van der Waals surface area contributed by atoms with Gasteiger partial charge in [-0.2, -0.15) is 0 Å². The Morgan fingerprint density at radius 1 is 0.846 bits per heavy atom. The molecular formula is C33H33N3O3. The third kappa shape index (κ3) is 6.47. The Bertz CT molecular complexity index is 1510. The molecular weight excluding hydrogens is 486 g/mol. The maximum atomic E-state index is 13.0. The van der Waals surface area contributed by atoms with Gasteiger partial charge in [-0.3, -0.25) is 4.79 Å². The summed E-state index contributed by atoms with van der Waals surface area (Å²) in [4.78, 5) is 17.8. The summed E-state index contributed by atoms with van der Waals surface area (Å²) in [6.07, 6.45) is 1.11. The van der Waals surface area contributed by atoms with E-state index < -0.39 is 0 Å². The first kappa shape index (κ1) is 26.0. The number of benzene rings is 4. The van der Waals surface area contributed by atoms with Crippen LogP contribution in [0.1, 0.15) is 30.8 Å². The van der Waals surface area contributed by atoms with E-state index in [0.717, 1.165) is 58.0 Å². The maximum absolute atomic E-state index is 13.0. The highest BCUT2D eigenvalue weighted by Crippen LogP contribution is 2.23. The highest BCUT2D eigenvalue weighted by Gasteiger charge is 2.18. The lowest BCUT2D eigenvalue weighted by molar-refractivity contribution is -0.121. The largest absolute Gasteiger partial charge is 0.497 e. The van der Waals surface area contributed by atoms with Crippen molar-refractivity contribution in [1.82, 2.24) is 14.9 Å². The van der Waals surface area contributed by atoms with Gasteiger partial charge in [-0.15, -0.1) is 0 Å². The van der Waals surface area contributed by atoms with Gasteiger partial charge >= 0.3 is 0 Å². The summed E-state index contributed by atoms with van der Waals surface area (Å²) < 4.78 is 13.3. The number of ether oxygens (including phenoxy) is 2. The van der Waals surface area contributed by atoms with E-state index in [-0.39, 0.29) is 11.9 Å². The van der Waals surface area contributed by atoms with Crippen LogP contribution < -0.4 is 14.8 Å². The molecule has 0 aliphatic heterocycles. The molecule has 0 aliphatic carbocycles. The van der Waals surface area contributed by atoms with Crippen LogP contribution in [-0.2, 0) is 17.8 Å². The van der Waals surface area contributed by atoms with E-state index >= 15 is 0 Å².